The molecule has 0 atom stereocenters. The summed E-state index contributed by atoms with van der Waals surface area (Å²) < 4.78 is 5.29. The fourth-order valence-corrected chi connectivity index (χ4v) is 2.03. The summed E-state index contributed by atoms with van der Waals surface area (Å²) in [7, 11) is 0. The second-order valence-corrected chi connectivity index (χ2v) is 4.17. The SMILES string of the molecule is Cc1[nH]c(CCO)nc1-c1ccc2ncoc2c1. The van der Waals surface area contributed by atoms with Crippen molar-refractivity contribution < 1.29 is 9.52 Å². The second-order valence-electron chi connectivity index (χ2n) is 4.17. The van der Waals surface area contributed by atoms with E-state index in [9.17, 15) is 0 Å². The predicted molar refractivity (Wildman–Crippen MR) is 67.1 cm³/mol. The van der Waals surface area contributed by atoms with Gasteiger partial charge in [0.05, 0.1) is 12.3 Å². The zero-order valence-electron chi connectivity index (χ0n) is 9.97. The van der Waals surface area contributed by atoms with Gasteiger partial charge in [0.25, 0.3) is 0 Å². The monoisotopic (exact) mass is 243 g/mol. The lowest BCUT2D eigenvalue weighted by Crippen LogP contribution is -1.92. The minimum Gasteiger partial charge on any atom is -0.443 e. The van der Waals surface area contributed by atoms with E-state index in [4.69, 9.17) is 9.52 Å². The van der Waals surface area contributed by atoms with Crippen LogP contribution in [-0.2, 0) is 6.42 Å². The first-order valence-electron chi connectivity index (χ1n) is 5.78. The fraction of sp³-hybridized carbons (Fsp3) is 0.231. The average Bonchev–Trinajstić information content (AvgIpc) is 2.95. The molecule has 0 saturated heterocycles. The van der Waals surface area contributed by atoms with Crippen LogP contribution in [0.1, 0.15) is 11.5 Å². The van der Waals surface area contributed by atoms with Gasteiger partial charge in [0, 0.05) is 17.7 Å². The molecule has 5 nitrogen and oxygen atoms in total. The molecule has 5 heteroatoms. The van der Waals surface area contributed by atoms with Crippen molar-refractivity contribution in [1.82, 2.24) is 15.0 Å². The lowest BCUT2D eigenvalue weighted by Gasteiger charge is -1.97. The minimum atomic E-state index is 0.0908. The largest absolute Gasteiger partial charge is 0.443 e. The number of aliphatic hydroxyl groups excluding tert-OH is 1. The molecule has 0 aliphatic rings. The van der Waals surface area contributed by atoms with Crippen molar-refractivity contribution in [3.05, 3.63) is 36.1 Å². The first-order valence-corrected chi connectivity index (χ1v) is 5.78. The van der Waals surface area contributed by atoms with E-state index >= 15 is 0 Å². The maximum atomic E-state index is 8.92. The van der Waals surface area contributed by atoms with E-state index in [0.717, 1.165) is 33.9 Å². The molecule has 0 bridgehead atoms. The smallest absolute Gasteiger partial charge is 0.181 e. The topological polar surface area (TPSA) is 74.9 Å². The van der Waals surface area contributed by atoms with Gasteiger partial charge in [-0.1, -0.05) is 6.07 Å². The summed E-state index contributed by atoms with van der Waals surface area (Å²) in [6, 6.07) is 5.80. The second kappa shape index (κ2) is 4.27. The van der Waals surface area contributed by atoms with Gasteiger partial charge < -0.3 is 14.5 Å². The van der Waals surface area contributed by atoms with Crippen LogP contribution in [0.25, 0.3) is 22.4 Å². The lowest BCUT2D eigenvalue weighted by molar-refractivity contribution is 0.297. The van der Waals surface area contributed by atoms with Crippen LogP contribution >= 0.6 is 0 Å². The number of aryl methyl sites for hydroxylation is 1. The van der Waals surface area contributed by atoms with Crippen molar-refractivity contribution in [1.29, 1.82) is 0 Å². The maximum Gasteiger partial charge on any atom is 0.181 e. The first kappa shape index (κ1) is 11.0. The number of aromatic nitrogens is 3. The molecule has 0 radical (unpaired) electrons. The number of nitrogens with one attached hydrogen (secondary N) is 1. The number of benzene rings is 1. The van der Waals surface area contributed by atoms with Crippen LogP contribution in [0.3, 0.4) is 0 Å². The van der Waals surface area contributed by atoms with E-state index < -0.39 is 0 Å². The number of nitrogens with zero attached hydrogens (tertiary/aromatic N) is 2. The van der Waals surface area contributed by atoms with Gasteiger partial charge in [0.2, 0.25) is 0 Å². The molecule has 2 heterocycles. The summed E-state index contributed by atoms with van der Waals surface area (Å²) in [6.07, 6.45) is 1.97. The number of oxazole rings is 1. The molecule has 3 rings (SSSR count). The molecule has 0 amide bonds. The zero-order chi connectivity index (χ0) is 12.5. The third-order valence-electron chi connectivity index (χ3n) is 2.89. The standard InChI is InChI=1S/C13H13N3O2/c1-8-13(16-12(15-8)4-5-17)9-2-3-10-11(6-9)18-7-14-10/h2-3,6-7,17H,4-5H2,1H3,(H,15,16). The number of aliphatic hydroxyl groups is 1. The molecule has 0 fully saturated rings. The average molecular weight is 243 g/mol. The van der Waals surface area contributed by atoms with Crippen LogP contribution in [-0.4, -0.2) is 26.7 Å². The number of rotatable bonds is 3. The Bertz CT molecular complexity index is 684. The van der Waals surface area contributed by atoms with Crippen LogP contribution in [0, 0.1) is 6.92 Å². The molecule has 3 aromatic rings. The predicted octanol–water partition coefficient (Wildman–Crippen LogP) is 2.06. The third-order valence-corrected chi connectivity index (χ3v) is 2.89. The molecule has 0 spiro atoms. The van der Waals surface area contributed by atoms with Crippen LogP contribution in [0.2, 0.25) is 0 Å². The summed E-state index contributed by atoms with van der Waals surface area (Å²) in [5, 5.41) is 8.92. The summed E-state index contributed by atoms with van der Waals surface area (Å²) in [4.78, 5) is 11.7. The highest BCUT2D eigenvalue weighted by Gasteiger charge is 2.10. The van der Waals surface area contributed by atoms with E-state index in [0.29, 0.717) is 6.42 Å². The van der Waals surface area contributed by atoms with Gasteiger partial charge in [0.15, 0.2) is 12.0 Å². The molecule has 0 aliphatic carbocycles. The van der Waals surface area contributed by atoms with Crippen molar-refractivity contribution in [2.24, 2.45) is 0 Å². The van der Waals surface area contributed by atoms with Crippen molar-refractivity contribution in [2.45, 2.75) is 13.3 Å². The van der Waals surface area contributed by atoms with Gasteiger partial charge in [-0.3, -0.25) is 0 Å². The normalized spacial score (nSPS) is 11.2. The van der Waals surface area contributed by atoms with Gasteiger partial charge in [-0.05, 0) is 19.1 Å². The lowest BCUT2D eigenvalue weighted by atomic mass is 10.1. The van der Waals surface area contributed by atoms with Gasteiger partial charge >= 0.3 is 0 Å². The Labute approximate surface area is 104 Å². The molecular weight excluding hydrogens is 230 g/mol. The highest BCUT2D eigenvalue weighted by molar-refractivity contribution is 5.79. The van der Waals surface area contributed by atoms with Gasteiger partial charge in [-0.2, -0.15) is 0 Å². The number of hydrogen-bond donors (Lipinski definition) is 2. The van der Waals surface area contributed by atoms with Crippen molar-refractivity contribution >= 4 is 11.1 Å². The molecular formula is C13H13N3O2. The Morgan fingerprint density at radius 1 is 1.39 bits per heavy atom. The van der Waals surface area contributed by atoms with Crippen LogP contribution < -0.4 is 0 Å². The molecule has 0 unspecified atom stereocenters. The Balaban J connectivity index is 2.07. The van der Waals surface area contributed by atoms with Crippen molar-refractivity contribution in [2.75, 3.05) is 6.61 Å². The number of aromatic amines is 1. The van der Waals surface area contributed by atoms with E-state index in [2.05, 4.69) is 15.0 Å². The third kappa shape index (κ3) is 1.78. The number of imidazole rings is 1. The summed E-state index contributed by atoms with van der Waals surface area (Å²) in [6.45, 7) is 2.06. The molecule has 2 aromatic heterocycles. The molecule has 18 heavy (non-hydrogen) atoms. The Hall–Kier alpha value is -2.14. The minimum absolute atomic E-state index is 0.0908. The quantitative estimate of drug-likeness (QED) is 0.738. The molecule has 92 valence electrons. The molecule has 0 aliphatic heterocycles. The van der Waals surface area contributed by atoms with Gasteiger partial charge in [0.1, 0.15) is 11.3 Å². The van der Waals surface area contributed by atoms with E-state index in [1.807, 2.05) is 25.1 Å². The van der Waals surface area contributed by atoms with Gasteiger partial charge in [-0.15, -0.1) is 0 Å². The van der Waals surface area contributed by atoms with Crippen LogP contribution in [0.15, 0.2) is 29.0 Å². The number of H-pyrrole nitrogens is 1. The Kier molecular flexibility index (Phi) is 2.60. The van der Waals surface area contributed by atoms with Crippen molar-refractivity contribution in [3.8, 4) is 11.3 Å². The summed E-state index contributed by atoms with van der Waals surface area (Å²) in [5.74, 6) is 0.794. The zero-order valence-corrected chi connectivity index (χ0v) is 9.97. The Morgan fingerprint density at radius 3 is 3.11 bits per heavy atom. The number of hydrogen-bond acceptors (Lipinski definition) is 4. The number of fused-ring (bicyclic) bond motifs is 1. The van der Waals surface area contributed by atoms with E-state index in [1.165, 1.54) is 6.39 Å². The van der Waals surface area contributed by atoms with Gasteiger partial charge in [-0.25, -0.2) is 9.97 Å². The van der Waals surface area contributed by atoms with E-state index in [1.54, 1.807) is 0 Å². The maximum absolute atomic E-state index is 8.92. The molecule has 0 saturated carbocycles. The molecule has 2 N–H and O–H groups in total. The Morgan fingerprint density at radius 2 is 2.28 bits per heavy atom. The highest BCUT2D eigenvalue weighted by atomic mass is 16.3. The molecule has 1 aromatic carbocycles. The van der Waals surface area contributed by atoms with Crippen LogP contribution in [0.4, 0.5) is 0 Å². The van der Waals surface area contributed by atoms with Crippen LogP contribution in [0.5, 0.6) is 0 Å². The summed E-state index contributed by atoms with van der Waals surface area (Å²) >= 11 is 0. The fourth-order valence-electron chi connectivity index (χ4n) is 2.03. The summed E-state index contributed by atoms with van der Waals surface area (Å²) in [5.41, 5.74) is 4.44. The van der Waals surface area contributed by atoms with E-state index in [-0.39, 0.29) is 6.61 Å². The first-order chi connectivity index (χ1) is 8.78. The highest BCUT2D eigenvalue weighted by Crippen LogP contribution is 2.25. The van der Waals surface area contributed by atoms with Crippen molar-refractivity contribution in [3.63, 3.8) is 0 Å².